The van der Waals surface area contributed by atoms with Gasteiger partial charge < -0.3 is 31.1 Å². The molecule has 4 amide bonds. The molecule has 1 saturated carbocycles. The second-order valence-electron chi connectivity index (χ2n) is 10.3. The van der Waals surface area contributed by atoms with Crippen LogP contribution in [0.15, 0.2) is 18.2 Å². The molecule has 200 valence electrons. The summed E-state index contributed by atoms with van der Waals surface area (Å²) >= 11 is 0. The molecule has 1 fully saturated rings. The van der Waals surface area contributed by atoms with Crippen LogP contribution < -0.4 is 16.4 Å². The molecule has 0 bridgehead atoms. The van der Waals surface area contributed by atoms with Crippen molar-refractivity contribution in [3.05, 3.63) is 29.3 Å². The van der Waals surface area contributed by atoms with E-state index in [1.807, 2.05) is 6.92 Å². The number of benzene rings is 1. The first-order valence-corrected chi connectivity index (χ1v) is 12.5. The van der Waals surface area contributed by atoms with E-state index in [0.29, 0.717) is 24.9 Å². The largest absolute Gasteiger partial charge is 0.507 e. The molecule has 10 heteroatoms. The van der Waals surface area contributed by atoms with E-state index in [9.17, 15) is 24.3 Å². The molecule has 0 aromatic heterocycles. The fourth-order valence-electron chi connectivity index (χ4n) is 4.02. The van der Waals surface area contributed by atoms with E-state index in [1.54, 1.807) is 45.9 Å². The van der Waals surface area contributed by atoms with Gasteiger partial charge in [-0.2, -0.15) is 0 Å². The van der Waals surface area contributed by atoms with Crippen LogP contribution in [-0.2, 0) is 19.1 Å². The number of rotatable bonds is 11. The highest BCUT2D eigenvalue weighted by molar-refractivity contribution is 5.95. The molecule has 5 N–H and O–H groups in total. The molecular formula is C26H40N4O6. The predicted molar refractivity (Wildman–Crippen MR) is 135 cm³/mol. The Morgan fingerprint density at radius 1 is 1.22 bits per heavy atom. The first kappa shape index (κ1) is 28.9. The van der Waals surface area contributed by atoms with Crippen LogP contribution in [0.4, 0.5) is 4.79 Å². The number of hydrogen-bond donors (Lipinski definition) is 4. The lowest BCUT2D eigenvalue weighted by Crippen LogP contribution is -2.58. The quantitative estimate of drug-likeness (QED) is 0.340. The summed E-state index contributed by atoms with van der Waals surface area (Å²) in [5.74, 6) is -1.96. The maximum atomic E-state index is 13.9. The number of phenols is 1. The van der Waals surface area contributed by atoms with Gasteiger partial charge in [0, 0.05) is 18.2 Å². The Hall–Kier alpha value is -3.30. The standard InChI is InChI=1S/C26H40N4O6/c1-6-7-14-28-23(33)21(18-13-8-10-16(2)22(18)32)30(17-11-9-12-17)24(34)19(15-20(27)31)29-25(35)36-26(3,4)5/h8,10,13,17,19,21,32H,6-7,9,11-12,14-15H2,1-5H3,(H2,27,31)(H,28,33)(H,29,35). The highest BCUT2D eigenvalue weighted by Gasteiger charge is 2.43. The summed E-state index contributed by atoms with van der Waals surface area (Å²) in [5.41, 5.74) is 5.41. The maximum Gasteiger partial charge on any atom is 0.408 e. The summed E-state index contributed by atoms with van der Waals surface area (Å²) in [6.07, 6.45) is 2.42. The minimum atomic E-state index is -1.34. The zero-order valence-corrected chi connectivity index (χ0v) is 21.9. The van der Waals surface area contributed by atoms with Gasteiger partial charge in [0.1, 0.15) is 23.4 Å². The number of hydrogen-bond acceptors (Lipinski definition) is 6. The van der Waals surface area contributed by atoms with Gasteiger partial charge >= 0.3 is 6.09 Å². The zero-order valence-electron chi connectivity index (χ0n) is 21.9. The van der Waals surface area contributed by atoms with Crippen molar-refractivity contribution in [1.82, 2.24) is 15.5 Å². The number of unbranched alkanes of at least 4 members (excludes halogenated alkanes) is 1. The Morgan fingerprint density at radius 3 is 2.42 bits per heavy atom. The van der Waals surface area contributed by atoms with Crippen molar-refractivity contribution in [2.75, 3.05) is 6.54 Å². The van der Waals surface area contributed by atoms with Crippen molar-refractivity contribution < 1.29 is 29.0 Å². The normalized spacial score (nSPS) is 15.2. The lowest BCUT2D eigenvalue weighted by atomic mass is 9.87. The Morgan fingerprint density at radius 2 is 1.89 bits per heavy atom. The molecule has 1 aromatic rings. The molecule has 10 nitrogen and oxygen atoms in total. The number of nitrogens with zero attached hydrogens (tertiary/aromatic N) is 1. The first-order valence-electron chi connectivity index (χ1n) is 12.5. The Bertz CT molecular complexity index is 954. The van der Waals surface area contributed by atoms with Crippen LogP contribution in [0.5, 0.6) is 5.75 Å². The maximum absolute atomic E-state index is 13.9. The van der Waals surface area contributed by atoms with Crippen molar-refractivity contribution in [2.45, 2.75) is 96.9 Å². The van der Waals surface area contributed by atoms with Gasteiger partial charge in [0.25, 0.3) is 0 Å². The number of primary amides is 1. The zero-order chi connectivity index (χ0) is 27.0. The molecule has 0 heterocycles. The SMILES string of the molecule is CCCCNC(=O)C(c1cccc(C)c1O)N(C(=O)C(CC(N)=O)NC(=O)OC(C)(C)C)C1CCC1. The van der Waals surface area contributed by atoms with Gasteiger partial charge in [0.15, 0.2) is 0 Å². The Labute approximate surface area is 212 Å². The second-order valence-corrected chi connectivity index (χ2v) is 10.3. The van der Waals surface area contributed by atoms with Crippen molar-refractivity contribution >= 4 is 23.8 Å². The highest BCUT2D eigenvalue weighted by Crippen LogP contribution is 2.38. The topological polar surface area (TPSA) is 151 Å². The minimum absolute atomic E-state index is 0.0863. The molecule has 2 unspecified atom stereocenters. The van der Waals surface area contributed by atoms with Crippen molar-refractivity contribution in [2.24, 2.45) is 5.73 Å². The van der Waals surface area contributed by atoms with Crippen LogP contribution in [0, 0.1) is 6.92 Å². The van der Waals surface area contributed by atoms with Gasteiger partial charge in [-0.15, -0.1) is 0 Å². The van der Waals surface area contributed by atoms with Crippen LogP contribution in [0.2, 0.25) is 0 Å². The lowest BCUT2D eigenvalue weighted by molar-refractivity contribution is -0.148. The summed E-state index contributed by atoms with van der Waals surface area (Å²) in [5, 5.41) is 16.2. The first-order chi connectivity index (χ1) is 16.9. The average molecular weight is 505 g/mol. The number of para-hydroxylation sites is 1. The molecular weight excluding hydrogens is 464 g/mol. The third-order valence-corrected chi connectivity index (χ3v) is 6.04. The number of nitrogens with one attached hydrogen (secondary N) is 2. The summed E-state index contributed by atoms with van der Waals surface area (Å²) in [6, 6.07) is 2.22. The summed E-state index contributed by atoms with van der Waals surface area (Å²) in [7, 11) is 0. The van der Waals surface area contributed by atoms with E-state index in [0.717, 1.165) is 19.3 Å². The van der Waals surface area contributed by atoms with Gasteiger partial charge in [-0.25, -0.2) is 4.79 Å². The van der Waals surface area contributed by atoms with E-state index >= 15 is 0 Å². The molecule has 0 aliphatic heterocycles. The molecule has 1 aliphatic rings. The summed E-state index contributed by atoms with van der Waals surface area (Å²) in [6.45, 7) is 9.14. The predicted octanol–water partition coefficient (Wildman–Crippen LogP) is 2.81. The van der Waals surface area contributed by atoms with Crippen LogP contribution in [0.3, 0.4) is 0 Å². The van der Waals surface area contributed by atoms with E-state index in [1.165, 1.54) is 4.90 Å². The fraction of sp³-hybridized carbons (Fsp3) is 0.615. The van der Waals surface area contributed by atoms with Gasteiger partial charge in [0.05, 0.1) is 6.42 Å². The fourth-order valence-corrected chi connectivity index (χ4v) is 4.02. The van der Waals surface area contributed by atoms with E-state index in [4.69, 9.17) is 10.5 Å². The van der Waals surface area contributed by atoms with E-state index in [-0.39, 0.29) is 17.4 Å². The average Bonchev–Trinajstić information content (AvgIpc) is 2.72. The molecule has 0 saturated heterocycles. The number of carbonyl (C=O) groups excluding carboxylic acids is 4. The third-order valence-electron chi connectivity index (χ3n) is 6.04. The Balaban J connectivity index is 2.51. The molecule has 36 heavy (non-hydrogen) atoms. The van der Waals surface area contributed by atoms with Crippen LogP contribution in [0.1, 0.15) is 83.4 Å². The van der Waals surface area contributed by atoms with Gasteiger partial charge in [-0.3, -0.25) is 14.4 Å². The number of aromatic hydroxyl groups is 1. The molecule has 2 rings (SSSR count). The highest BCUT2D eigenvalue weighted by atomic mass is 16.6. The van der Waals surface area contributed by atoms with Gasteiger partial charge in [0.2, 0.25) is 17.7 Å². The second kappa shape index (κ2) is 12.6. The van der Waals surface area contributed by atoms with Crippen LogP contribution >= 0.6 is 0 Å². The number of carbonyl (C=O) groups is 4. The van der Waals surface area contributed by atoms with Crippen LogP contribution in [0.25, 0.3) is 0 Å². The molecule has 2 atom stereocenters. The number of alkyl carbamates (subject to hydrolysis) is 1. The van der Waals surface area contributed by atoms with Gasteiger partial charge in [-0.05, 0) is 58.9 Å². The summed E-state index contributed by atoms with van der Waals surface area (Å²) < 4.78 is 5.28. The molecule has 1 aliphatic carbocycles. The third kappa shape index (κ3) is 7.86. The number of amides is 4. The monoisotopic (exact) mass is 504 g/mol. The molecule has 0 spiro atoms. The number of nitrogens with two attached hydrogens (primary N) is 1. The molecule has 0 radical (unpaired) electrons. The van der Waals surface area contributed by atoms with E-state index in [2.05, 4.69) is 10.6 Å². The van der Waals surface area contributed by atoms with Crippen LogP contribution in [-0.4, -0.2) is 58.1 Å². The van der Waals surface area contributed by atoms with Crippen molar-refractivity contribution in [3.63, 3.8) is 0 Å². The summed E-state index contributed by atoms with van der Waals surface area (Å²) in [4.78, 5) is 53.2. The minimum Gasteiger partial charge on any atom is -0.507 e. The van der Waals surface area contributed by atoms with Crippen molar-refractivity contribution in [3.8, 4) is 5.75 Å². The Kier molecular flexibility index (Phi) is 10.1. The lowest BCUT2D eigenvalue weighted by Gasteiger charge is -2.43. The van der Waals surface area contributed by atoms with E-state index < -0.39 is 47.9 Å². The molecule has 1 aromatic carbocycles. The van der Waals surface area contributed by atoms with Gasteiger partial charge in [-0.1, -0.05) is 31.5 Å². The smallest absolute Gasteiger partial charge is 0.408 e. The van der Waals surface area contributed by atoms with Crippen molar-refractivity contribution in [1.29, 1.82) is 0 Å². The number of aryl methyl sites for hydroxylation is 1. The number of ether oxygens (including phenoxy) is 1. The number of phenolic OH excluding ortho intramolecular Hbond substituents is 1.